The van der Waals surface area contributed by atoms with Gasteiger partial charge in [-0.25, -0.2) is 4.79 Å². The molecule has 0 aliphatic carbocycles. The highest BCUT2D eigenvalue weighted by Gasteiger charge is 2.34. The molecule has 2 atom stereocenters. The molecule has 2 unspecified atom stereocenters. The molecule has 0 saturated heterocycles. The summed E-state index contributed by atoms with van der Waals surface area (Å²) in [5.41, 5.74) is 0.821. The third-order valence-electron chi connectivity index (χ3n) is 5.30. The van der Waals surface area contributed by atoms with Crippen molar-refractivity contribution < 1.29 is 23.9 Å². The molecule has 1 aliphatic heterocycles. The van der Waals surface area contributed by atoms with Crippen molar-refractivity contribution in [1.82, 2.24) is 25.4 Å². The molecule has 3 rings (SSSR count). The Morgan fingerprint density at radius 3 is 2.72 bits per heavy atom. The van der Waals surface area contributed by atoms with Crippen LogP contribution in [0.5, 0.6) is 0 Å². The normalized spacial score (nSPS) is 17.4. The average molecular weight is 441 g/mol. The Morgan fingerprint density at radius 2 is 2.00 bits per heavy atom. The molecule has 0 spiro atoms. The van der Waals surface area contributed by atoms with Crippen LogP contribution in [0.15, 0.2) is 36.7 Å². The molecule has 10 heteroatoms. The maximum atomic E-state index is 13.1. The topological polar surface area (TPSA) is 132 Å². The Kier molecular flexibility index (Phi) is 7.69. The SMILES string of the molecule is CC(C)C(NC(=O)OCc1ccccc1)C(=O)CC1Cc2nncn2CCNC(=O)C1=O. The van der Waals surface area contributed by atoms with Crippen molar-refractivity contribution in [1.29, 1.82) is 0 Å². The Balaban J connectivity index is 1.66. The van der Waals surface area contributed by atoms with Crippen LogP contribution >= 0.6 is 0 Å². The first-order valence-electron chi connectivity index (χ1n) is 10.5. The van der Waals surface area contributed by atoms with Gasteiger partial charge in [-0.3, -0.25) is 14.4 Å². The standard InChI is InChI=1S/C22H27N5O5/c1-14(2)19(25-22(31)32-12-15-6-4-3-5-7-15)17(28)10-16-11-18-26-24-13-27(18)9-8-23-21(30)20(16)29/h3-7,13-14,16,19H,8-12H2,1-2H3,(H,23,30)(H,25,31). The van der Waals surface area contributed by atoms with E-state index in [1.54, 1.807) is 18.4 Å². The Hall–Kier alpha value is -3.56. The van der Waals surface area contributed by atoms with Gasteiger partial charge in [0, 0.05) is 31.8 Å². The minimum absolute atomic E-state index is 0.0720. The van der Waals surface area contributed by atoms with Gasteiger partial charge in [0.2, 0.25) is 5.78 Å². The number of hydrogen-bond acceptors (Lipinski definition) is 7. The fraction of sp³-hybridized carbons (Fsp3) is 0.455. The van der Waals surface area contributed by atoms with E-state index in [-0.39, 0.29) is 37.7 Å². The summed E-state index contributed by atoms with van der Waals surface area (Å²) < 4.78 is 6.97. The van der Waals surface area contributed by atoms with Crippen LogP contribution in [0.2, 0.25) is 0 Å². The van der Waals surface area contributed by atoms with Crippen molar-refractivity contribution in [3.05, 3.63) is 48.0 Å². The second kappa shape index (κ2) is 10.7. The van der Waals surface area contributed by atoms with Gasteiger partial charge < -0.3 is 19.9 Å². The predicted molar refractivity (Wildman–Crippen MR) is 113 cm³/mol. The molecule has 1 aliphatic rings. The van der Waals surface area contributed by atoms with Gasteiger partial charge in [-0.1, -0.05) is 44.2 Å². The smallest absolute Gasteiger partial charge is 0.408 e. The summed E-state index contributed by atoms with van der Waals surface area (Å²) in [5.74, 6) is -2.36. The molecule has 32 heavy (non-hydrogen) atoms. The zero-order valence-corrected chi connectivity index (χ0v) is 18.1. The highest BCUT2D eigenvalue weighted by atomic mass is 16.5. The van der Waals surface area contributed by atoms with Crippen LogP contribution < -0.4 is 10.6 Å². The highest BCUT2D eigenvalue weighted by molar-refractivity contribution is 6.37. The van der Waals surface area contributed by atoms with Gasteiger partial charge in [0.05, 0.1) is 6.04 Å². The van der Waals surface area contributed by atoms with Gasteiger partial charge in [-0.15, -0.1) is 10.2 Å². The number of carbonyl (C=O) groups excluding carboxylic acids is 4. The lowest BCUT2D eigenvalue weighted by Gasteiger charge is -2.23. The van der Waals surface area contributed by atoms with Crippen LogP contribution in [0.4, 0.5) is 4.79 Å². The summed E-state index contributed by atoms with van der Waals surface area (Å²) in [7, 11) is 0. The molecular formula is C22H27N5O5. The lowest BCUT2D eigenvalue weighted by atomic mass is 9.88. The summed E-state index contributed by atoms with van der Waals surface area (Å²) >= 11 is 0. The third kappa shape index (κ3) is 5.99. The second-order valence-corrected chi connectivity index (χ2v) is 8.06. The highest BCUT2D eigenvalue weighted by Crippen LogP contribution is 2.18. The zero-order chi connectivity index (χ0) is 23.1. The zero-order valence-electron chi connectivity index (χ0n) is 18.1. The van der Waals surface area contributed by atoms with Gasteiger partial charge in [0.15, 0.2) is 5.78 Å². The molecule has 2 heterocycles. The van der Waals surface area contributed by atoms with Crippen molar-refractivity contribution in [2.24, 2.45) is 11.8 Å². The average Bonchev–Trinajstić information content (AvgIpc) is 3.22. The minimum Gasteiger partial charge on any atom is -0.445 e. The number of fused-ring (bicyclic) bond motifs is 1. The van der Waals surface area contributed by atoms with E-state index in [9.17, 15) is 19.2 Å². The number of hydrogen-bond donors (Lipinski definition) is 2. The molecule has 1 aromatic heterocycles. The number of alkyl carbamates (subject to hydrolysis) is 1. The van der Waals surface area contributed by atoms with E-state index in [1.807, 2.05) is 30.3 Å². The first kappa shape index (κ1) is 23.1. The Bertz CT molecular complexity index is 972. The summed E-state index contributed by atoms with van der Waals surface area (Å²) in [6.45, 7) is 4.34. The first-order chi connectivity index (χ1) is 15.3. The molecule has 0 saturated carbocycles. The molecule has 2 amide bonds. The van der Waals surface area contributed by atoms with Gasteiger partial charge in [-0.2, -0.15) is 0 Å². The second-order valence-electron chi connectivity index (χ2n) is 8.06. The van der Waals surface area contributed by atoms with E-state index in [2.05, 4.69) is 20.8 Å². The number of ketones is 2. The van der Waals surface area contributed by atoms with Crippen molar-refractivity contribution in [2.75, 3.05) is 6.54 Å². The van der Waals surface area contributed by atoms with E-state index in [1.165, 1.54) is 6.33 Å². The molecule has 1 aromatic carbocycles. The van der Waals surface area contributed by atoms with Crippen LogP contribution in [0.1, 0.15) is 31.7 Å². The summed E-state index contributed by atoms with van der Waals surface area (Å²) in [6.07, 6.45) is 0.707. The van der Waals surface area contributed by atoms with E-state index >= 15 is 0 Å². The van der Waals surface area contributed by atoms with Gasteiger partial charge >= 0.3 is 6.09 Å². The quantitative estimate of drug-likeness (QED) is 0.614. The lowest BCUT2D eigenvalue weighted by molar-refractivity contribution is -0.141. The van der Waals surface area contributed by atoms with Crippen LogP contribution in [-0.4, -0.2) is 50.9 Å². The lowest BCUT2D eigenvalue weighted by Crippen LogP contribution is -2.46. The number of Topliss-reactive ketones (excluding diaryl/α,β-unsaturated/α-hetero) is 2. The van der Waals surface area contributed by atoms with E-state index in [4.69, 9.17) is 4.74 Å². The van der Waals surface area contributed by atoms with Gasteiger partial charge in [0.25, 0.3) is 5.91 Å². The first-order valence-corrected chi connectivity index (χ1v) is 10.5. The van der Waals surface area contributed by atoms with Gasteiger partial charge in [-0.05, 0) is 11.5 Å². The predicted octanol–water partition coefficient (Wildman–Crippen LogP) is 1.05. The maximum absolute atomic E-state index is 13.1. The summed E-state index contributed by atoms with van der Waals surface area (Å²) in [6, 6.07) is 8.32. The monoisotopic (exact) mass is 441 g/mol. The third-order valence-corrected chi connectivity index (χ3v) is 5.30. The van der Waals surface area contributed by atoms with Gasteiger partial charge in [0.1, 0.15) is 18.8 Å². The number of amides is 2. The minimum atomic E-state index is -0.896. The van der Waals surface area contributed by atoms with E-state index in [0.717, 1.165) is 5.56 Å². The number of ether oxygens (including phenoxy) is 1. The molecule has 2 N–H and O–H groups in total. The van der Waals surface area contributed by atoms with Crippen LogP contribution in [0, 0.1) is 11.8 Å². The maximum Gasteiger partial charge on any atom is 0.408 e. The number of nitrogens with one attached hydrogen (secondary N) is 2. The fourth-order valence-corrected chi connectivity index (χ4v) is 3.54. The van der Waals surface area contributed by atoms with Crippen LogP contribution in [-0.2, 0) is 38.7 Å². The molecule has 0 bridgehead atoms. The largest absolute Gasteiger partial charge is 0.445 e. The Labute approximate surface area is 185 Å². The summed E-state index contributed by atoms with van der Waals surface area (Å²) in [4.78, 5) is 50.2. The molecule has 170 valence electrons. The number of benzene rings is 1. The fourth-order valence-electron chi connectivity index (χ4n) is 3.54. The van der Waals surface area contributed by atoms with Crippen molar-refractivity contribution in [3.63, 3.8) is 0 Å². The van der Waals surface area contributed by atoms with Crippen LogP contribution in [0.25, 0.3) is 0 Å². The number of aromatic nitrogens is 3. The number of carbonyl (C=O) groups is 4. The molecule has 0 radical (unpaired) electrons. The number of nitrogens with zero attached hydrogens (tertiary/aromatic N) is 3. The Morgan fingerprint density at radius 1 is 1.25 bits per heavy atom. The summed E-state index contributed by atoms with van der Waals surface area (Å²) in [5, 5.41) is 13.0. The molecular weight excluding hydrogens is 414 g/mol. The van der Waals surface area contributed by atoms with Crippen molar-refractivity contribution >= 4 is 23.6 Å². The van der Waals surface area contributed by atoms with Crippen LogP contribution in [0.3, 0.4) is 0 Å². The van der Waals surface area contributed by atoms with Crippen molar-refractivity contribution in [3.8, 4) is 0 Å². The molecule has 2 aromatic rings. The molecule has 0 fully saturated rings. The molecule has 10 nitrogen and oxygen atoms in total. The van der Waals surface area contributed by atoms with Crippen molar-refractivity contribution in [2.45, 2.75) is 45.9 Å². The number of rotatable bonds is 7. The van der Waals surface area contributed by atoms with E-state index in [0.29, 0.717) is 12.4 Å². The van der Waals surface area contributed by atoms with E-state index < -0.39 is 29.7 Å².